The zero-order valence-electron chi connectivity index (χ0n) is 18.0. The molecule has 1 fully saturated rings. The van der Waals surface area contributed by atoms with Gasteiger partial charge < -0.3 is 14.4 Å². The van der Waals surface area contributed by atoms with E-state index in [1.165, 1.54) is 0 Å². The van der Waals surface area contributed by atoms with Gasteiger partial charge in [0.2, 0.25) is 5.91 Å². The van der Waals surface area contributed by atoms with Gasteiger partial charge in [-0.1, -0.05) is 32.9 Å². The first-order valence-corrected chi connectivity index (χ1v) is 10.4. The van der Waals surface area contributed by atoms with Crippen LogP contribution in [0.3, 0.4) is 0 Å². The lowest BCUT2D eigenvalue weighted by Crippen LogP contribution is -2.50. The molecule has 28 heavy (non-hydrogen) atoms. The predicted molar refractivity (Wildman–Crippen MR) is 110 cm³/mol. The minimum atomic E-state index is -0.455. The van der Waals surface area contributed by atoms with Crippen LogP contribution in [0, 0.1) is 5.41 Å². The fourth-order valence-corrected chi connectivity index (χ4v) is 3.40. The third-order valence-electron chi connectivity index (χ3n) is 5.22. The maximum Gasteiger partial charge on any atom is 0.328 e. The molecule has 0 N–H and O–H groups in total. The van der Waals surface area contributed by atoms with Crippen LogP contribution in [0.1, 0.15) is 71.8 Å². The highest BCUT2D eigenvalue weighted by atomic mass is 16.5. The first-order valence-electron chi connectivity index (χ1n) is 10.4. The van der Waals surface area contributed by atoms with E-state index in [9.17, 15) is 9.59 Å². The molecule has 0 aromatic heterocycles. The van der Waals surface area contributed by atoms with Crippen molar-refractivity contribution in [2.45, 2.75) is 72.3 Å². The number of hydrogen-bond acceptors (Lipinski definition) is 4. The van der Waals surface area contributed by atoms with Crippen molar-refractivity contribution in [2.24, 2.45) is 5.41 Å². The Morgan fingerprint density at radius 1 is 1.18 bits per heavy atom. The van der Waals surface area contributed by atoms with E-state index in [4.69, 9.17) is 9.47 Å². The van der Waals surface area contributed by atoms with Crippen LogP contribution in [0.2, 0.25) is 0 Å². The van der Waals surface area contributed by atoms with Crippen LogP contribution in [0.25, 0.3) is 0 Å². The molecule has 0 radical (unpaired) electrons. The topological polar surface area (TPSA) is 55.8 Å². The molecule has 2 rings (SSSR count). The quantitative estimate of drug-likeness (QED) is 0.642. The summed E-state index contributed by atoms with van der Waals surface area (Å²) in [5.41, 5.74) is 1.17. The summed E-state index contributed by atoms with van der Waals surface area (Å²) in [5, 5.41) is 0. The van der Waals surface area contributed by atoms with Crippen molar-refractivity contribution >= 4 is 11.9 Å². The molecular formula is C23H35NO4. The first kappa shape index (κ1) is 22.3. The van der Waals surface area contributed by atoms with Crippen molar-refractivity contribution < 1.29 is 19.1 Å². The number of piperidine rings is 1. The zero-order chi connectivity index (χ0) is 20.7. The smallest absolute Gasteiger partial charge is 0.328 e. The molecular weight excluding hydrogens is 354 g/mol. The predicted octanol–water partition coefficient (Wildman–Crippen LogP) is 4.55. The molecule has 5 heteroatoms. The number of ether oxygens (including phenoxy) is 2. The molecule has 0 bridgehead atoms. The van der Waals surface area contributed by atoms with Gasteiger partial charge in [0, 0.05) is 6.54 Å². The maximum atomic E-state index is 13.1. The van der Waals surface area contributed by atoms with Crippen LogP contribution >= 0.6 is 0 Å². The van der Waals surface area contributed by atoms with E-state index in [2.05, 4.69) is 20.8 Å². The molecule has 1 amide bonds. The number of carbonyl (C=O) groups excluding carboxylic acids is 2. The lowest BCUT2D eigenvalue weighted by Gasteiger charge is -2.35. The summed E-state index contributed by atoms with van der Waals surface area (Å²) in [6, 6.07) is 7.27. The second kappa shape index (κ2) is 9.94. The van der Waals surface area contributed by atoms with Gasteiger partial charge >= 0.3 is 5.97 Å². The van der Waals surface area contributed by atoms with E-state index in [1.54, 1.807) is 11.8 Å². The molecule has 156 valence electrons. The number of carbonyl (C=O) groups is 2. The average Bonchev–Trinajstić information content (AvgIpc) is 2.66. The second-order valence-electron chi connectivity index (χ2n) is 8.75. The molecule has 2 atom stereocenters. The molecule has 1 saturated heterocycles. The Morgan fingerprint density at radius 2 is 1.86 bits per heavy atom. The van der Waals surface area contributed by atoms with Gasteiger partial charge in [0.1, 0.15) is 11.8 Å². The van der Waals surface area contributed by atoms with Gasteiger partial charge in [0.15, 0.2) is 0 Å². The van der Waals surface area contributed by atoms with Gasteiger partial charge in [-0.3, -0.25) is 4.79 Å². The highest BCUT2D eigenvalue weighted by molar-refractivity contribution is 5.88. The minimum Gasteiger partial charge on any atom is -0.494 e. The highest BCUT2D eigenvalue weighted by Gasteiger charge is 2.35. The third-order valence-corrected chi connectivity index (χ3v) is 5.22. The number of hydrogen-bond donors (Lipinski definition) is 0. The molecule has 1 heterocycles. The van der Waals surface area contributed by atoms with Crippen LogP contribution in [0.4, 0.5) is 0 Å². The van der Waals surface area contributed by atoms with E-state index in [-0.39, 0.29) is 23.2 Å². The van der Waals surface area contributed by atoms with Crippen molar-refractivity contribution in [1.82, 2.24) is 4.90 Å². The van der Waals surface area contributed by atoms with Crippen molar-refractivity contribution in [3.8, 4) is 5.75 Å². The number of benzene rings is 1. The summed E-state index contributed by atoms with van der Waals surface area (Å²) in [4.78, 5) is 27.0. The third kappa shape index (κ3) is 6.25. The minimum absolute atomic E-state index is 0.0147. The molecule has 0 saturated carbocycles. The summed E-state index contributed by atoms with van der Waals surface area (Å²) in [7, 11) is 0. The molecule has 1 aromatic rings. The average molecular weight is 390 g/mol. The number of esters is 1. The molecule has 0 spiro atoms. The van der Waals surface area contributed by atoms with Gasteiger partial charge in [-0.2, -0.15) is 0 Å². The Bertz CT molecular complexity index is 648. The maximum absolute atomic E-state index is 13.1. The molecule has 5 nitrogen and oxygen atoms in total. The van der Waals surface area contributed by atoms with Gasteiger partial charge in [-0.15, -0.1) is 0 Å². The van der Waals surface area contributed by atoms with Gasteiger partial charge in [0.25, 0.3) is 0 Å². The van der Waals surface area contributed by atoms with Crippen molar-refractivity contribution in [1.29, 1.82) is 0 Å². The summed E-state index contributed by atoms with van der Waals surface area (Å²) in [6.07, 6.45) is 3.53. The van der Waals surface area contributed by atoms with E-state index in [1.807, 2.05) is 31.2 Å². The van der Waals surface area contributed by atoms with Crippen molar-refractivity contribution in [2.75, 3.05) is 19.8 Å². The van der Waals surface area contributed by atoms with Crippen LogP contribution in [0.5, 0.6) is 5.75 Å². The molecule has 1 aromatic carbocycles. The van der Waals surface area contributed by atoms with Crippen LogP contribution in [-0.4, -0.2) is 42.6 Å². The molecule has 0 aliphatic carbocycles. The van der Waals surface area contributed by atoms with Gasteiger partial charge in [-0.25, -0.2) is 4.79 Å². The van der Waals surface area contributed by atoms with E-state index < -0.39 is 6.04 Å². The number of nitrogens with zero attached hydrogens (tertiary/aromatic N) is 1. The summed E-state index contributed by atoms with van der Waals surface area (Å²) in [5.74, 6) is 0.207. The van der Waals surface area contributed by atoms with Crippen LogP contribution in [-0.2, 0) is 14.3 Å². The van der Waals surface area contributed by atoms with E-state index >= 15 is 0 Å². The Morgan fingerprint density at radius 3 is 2.46 bits per heavy atom. The fraction of sp³-hybridized carbons (Fsp3) is 0.652. The second-order valence-corrected chi connectivity index (χ2v) is 8.75. The van der Waals surface area contributed by atoms with Crippen molar-refractivity contribution in [3.63, 3.8) is 0 Å². The van der Waals surface area contributed by atoms with Crippen molar-refractivity contribution in [3.05, 3.63) is 29.8 Å². The van der Waals surface area contributed by atoms with E-state index in [0.717, 1.165) is 30.6 Å². The summed E-state index contributed by atoms with van der Waals surface area (Å²) >= 11 is 0. The largest absolute Gasteiger partial charge is 0.494 e. The molecule has 1 unspecified atom stereocenters. The first-order chi connectivity index (χ1) is 13.2. The Balaban J connectivity index is 2.00. The Kier molecular flexibility index (Phi) is 7.90. The lowest BCUT2D eigenvalue weighted by molar-refractivity contribution is -0.157. The number of likely N-dealkylation sites (tertiary alicyclic amines) is 1. The molecule has 1 aliphatic heterocycles. The summed E-state index contributed by atoms with van der Waals surface area (Å²) < 4.78 is 11.0. The summed E-state index contributed by atoms with van der Waals surface area (Å²) in [6.45, 7) is 11.9. The Labute approximate surface area is 169 Å². The van der Waals surface area contributed by atoms with Crippen LogP contribution < -0.4 is 4.74 Å². The van der Waals surface area contributed by atoms with Crippen LogP contribution in [0.15, 0.2) is 24.3 Å². The number of amides is 1. The van der Waals surface area contributed by atoms with Gasteiger partial charge in [-0.05, 0) is 62.6 Å². The lowest BCUT2D eigenvalue weighted by atomic mass is 9.93. The fourth-order valence-electron chi connectivity index (χ4n) is 3.40. The highest BCUT2D eigenvalue weighted by Crippen LogP contribution is 2.26. The molecule has 1 aliphatic rings. The standard InChI is InChI=1S/C23H35NO4/c1-6-27-22(26)20-9-7-8-15-24(20)21(25)17(2)18-10-12-19(13-11-18)28-16-14-23(3,4)5/h10-13,17,20H,6-9,14-16H2,1-5H3/t17-,20?/m0/s1. The monoisotopic (exact) mass is 389 g/mol. The zero-order valence-corrected chi connectivity index (χ0v) is 18.0. The van der Waals surface area contributed by atoms with E-state index in [0.29, 0.717) is 26.2 Å². The SMILES string of the molecule is CCOC(=O)C1CCCCN1C(=O)[C@@H](C)c1ccc(OCCC(C)(C)C)cc1. The Hall–Kier alpha value is -2.04. The normalized spacial score (nSPS) is 18.5. The number of rotatable bonds is 7. The van der Waals surface area contributed by atoms with Gasteiger partial charge in [0.05, 0.1) is 19.1 Å².